The van der Waals surface area contributed by atoms with E-state index in [1.54, 1.807) is 0 Å². The molecule has 3 heteroatoms. The van der Waals surface area contributed by atoms with Gasteiger partial charge in [0.2, 0.25) is 0 Å². The Kier molecular flexibility index (Phi) is 20.1. The molecule has 0 saturated heterocycles. The Hall–Kier alpha value is 0.908. The SMILES string of the molecule is S=C=S.[Pt]. The fourth-order valence-electron chi connectivity index (χ4n) is 0. The molecule has 0 nitrogen and oxygen atoms in total. The van der Waals surface area contributed by atoms with Gasteiger partial charge in [-0.05, 0) is 24.4 Å². The summed E-state index contributed by atoms with van der Waals surface area (Å²) in [4.78, 5) is 0. The number of thiocarbonyl (C=S) groups is 2. The molecule has 0 bridgehead atoms. The molecule has 26 valence electrons. The Bertz CT molecular complexity index is 27.0. The van der Waals surface area contributed by atoms with Gasteiger partial charge in [0, 0.05) is 25.4 Å². The van der Waals surface area contributed by atoms with Gasteiger partial charge in [-0.15, -0.1) is 0 Å². The second-order valence-corrected chi connectivity index (χ2v) is 0.750. The van der Waals surface area contributed by atoms with E-state index in [1.165, 1.54) is 0 Å². The topological polar surface area (TPSA) is 0 Å². The van der Waals surface area contributed by atoms with Crippen LogP contribution in [0, 0.1) is 0 Å². The average Bonchev–Trinajstić information content (AvgIpc) is 0.918. The minimum absolute atomic E-state index is 0. The first kappa shape index (κ1) is 8.86. The largest absolute Gasteiger partial charge is 0.0297 e. The molecular weight excluding hydrogens is 271 g/mol. The molecule has 0 radical (unpaired) electrons. The predicted molar refractivity (Wildman–Crippen MR) is 20.2 cm³/mol. The molecule has 0 aromatic carbocycles. The summed E-state index contributed by atoms with van der Waals surface area (Å²) < 4.78 is 1.92. The van der Waals surface area contributed by atoms with Gasteiger partial charge in [-0.3, -0.25) is 0 Å². The van der Waals surface area contributed by atoms with Gasteiger partial charge in [0.05, 0.1) is 0 Å². The van der Waals surface area contributed by atoms with Gasteiger partial charge in [-0.2, -0.15) is 0 Å². The van der Waals surface area contributed by atoms with Crippen LogP contribution < -0.4 is 0 Å². The normalized spacial score (nSPS) is 2.00. The average molecular weight is 271 g/mol. The Morgan fingerprint density at radius 1 is 1.25 bits per heavy atom. The van der Waals surface area contributed by atoms with Crippen molar-refractivity contribution in [2.24, 2.45) is 0 Å². The first-order valence-corrected chi connectivity index (χ1v) is 1.22. The third-order valence-electron chi connectivity index (χ3n) is 0. The van der Waals surface area contributed by atoms with E-state index in [4.69, 9.17) is 0 Å². The molecule has 0 unspecified atom stereocenters. The standard InChI is InChI=1S/CS2.Pt/c2-1-3;. The minimum atomic E-state index is 0. The van der Waals surface area contributed by atoms with Gasteiger partial charge in [0.15, 0.2) is 0 Å². The van der Waals surface area contributed by atoms with Crippen LogP contribution in [0.3, 0.4) is 0 Å². The van der Waals surface area contributed by atoms with Crippen LogP contribution in [-0.2, 0) is 21.1 Å². The zero-order valence-electron chi connectivity index (χ0n) is 1.63. The van der Waals surface area contributed by atoms with E-state index in [9.17, 15) is 0 Å². The molecule has 0 saturated carbocycles. The molecular formula is CPtS2. The van der Waals surface area contributed by atoms with Gasteiger partial charge in [0.1, 0.15) is 0 Å². The van der Waals surface area contributed by atoms with Crippen LogP contribution in [0.15, 0.2) is 0 Å². The summed E-state index contributed by atoms with van der Waals surface area (Å²) in [6.07, 6.45) is 0. The van der Waals surface area contributed by atoms with Crippen molar-refractivity contribution in [2.45, 2.75) is 0 Å². The van der Waals surface area contributed by atoms with E-state index in [0.717, 1.165) is 0 Å². The third-order valence-corrected chi connectivity index (χ3v) is 0. The van der Waals surface area contributed by atoms with Gasteiger partial charge in [0.25, 0.3) is 0 Å². The van der Waals surface area contributed by atoms with E-state index in [0.29, 0.717) is 0 Å². The van der Waals surface area contributed by atoms with Crippen molar-refractivity contribution < 1.29 is 21.1 Å². The minimum Gasteiger partial charge on any atom is -0.0148 e. The molecule has 0 fully saturated rings. The van der Waals surface area contributed by atoms with Crippen molar-refractivity contribution >= 4 is 28.7 Å². The van der Waals surface area contributed by atoms with Crippen LogP contribution in [-0.4, -0.2) is 4.31 Å². The monoisotopic (exact) mass is 271 g/mol. The first-order valence-electron chi connectivity index (χ1n) is 0.408. The third kappa shape index (κ3) is 12.8. The molecule has 0 heterocycles. The molecule has 0 aromatic heterocycles. The molecule has 0 amide bonds. The van der Waals surface area contributed by atoms with Gasteiger partial charge in [-0.25, -0.2) is 0 Å². The summed E-state index contributed by atoms with van der Waals surface area (Å²) >= 11 is 7.92. The van der Waals surface area contributed by atoms with E-state index in [2.05, 4.69) is 24.4 Å². The molecule has 0 spiro atoms. The molecule has 0 atom stereocenters. The van der Waals surface area contributed by atoms with E-state index >= 15 is 0 Å². The second kappa shape index (κ2) is 9.08. The zero-order chi connectivity index (χ0) is 2.71. The summed E-state index contributed by atoms with van der Waals surface area (Å²) in [5.41, 5.74) is 0. The maximum atomic E-state index is 3.96. The van der Waals surface area contributed by atoms with Gasteiger partial charge >= 0.3 is 0 Å². The zero-order valence-corrected chi connectivity index (χ0v) is 5.54. The van der Waals surface area contributed by atoms with E-state index in [-0.39, 0.29) is 21.1 Å². The Labute approximate surface area is 49.8 Å². The smallest absolute Gasteiger partial charge is 0.0148 e. The van der Waals surface area contributed by atoms with Crippen molar-refractivity contribution in [1.29, 1.82) is 0 Å². The summed E-state index contributed by atoms with van der Waals surface area (Å²) in [5, 5.41) is 0. The van der Waals surface area contributed by atoms with Gasteiger partial charge in [-0.1, -0.05) is 0 Å². The summed E-state index contributed by atoms with van der Waals surface area (Å²) in [5.74, 6) is 0. The molecule has 0 aliphatic heterocycles. The molecule has 0 N–H and O–H groups in total. The van der Waals surface area contributed by atoms with Crippen molar-refractivity contribution in [3.8, 4) is 0 Å². The fourth-order valence-corrected chi connectivity index (χ4v) is 0. The van der Waals surface area contributed by atoms with Crippen LogP contribution >= 0.6 is 24.4 Å². The number of rotatable bonds is 0. The Morgan fingerprint density at radius 3 is 1.25 bits per heavy atom. The van der Waals surface area contributed by atoms with Crippen LogP contribution in [0.2, 0.25) is 0 Å². The van der Waals surface area contributed by atoms with Crippen molar-refractivity contribution in [3.63, 3.8) is 0 Å². The maximum absolute atomic E-state index is 3.96. The number of hydrogen-bond donors (Lipinski definition) is 0. The number of hydrogen-bond acceptors (Lipinski definition) is 2. The molecule has 0 aliphatic rings. The second-order valence-electron chi connectivity index (χ2n) is 0.0833. The molecule has 4 heavy (non-hydrogen) atoms. The quantitative estimate of drug-likeness (QED) is 0.603. The van der Waals surface area contributed by atoms with Gasteiger partial charge < -0.3 is 0 Å². The molecule has 0 aliphatic carbocycles. The Morgan fingerprint density at radius 2 is 1.25 bits per heavy atom. The molecule has 0 aromatic rings. The first-order chi connectivity index (χ1) is 1.41. The van der Waals surface area contributed by atoms with E-state index in [1.807, 2.05) is 4.31 Å². The fraction of sp³-hybridized carbons (Fsp3) is 0. The van der Waals surface area contributed by atoms with Crippen molar-refractivity contribution in [3.05, 3.63) is 0 Å². The molecule has 0 rings (SSSR count). The van der Waals surface area contributed by atoms with Crippen LogP contribution in [0.4, 0.5) is 0 Å². The van der Waals surface area contributed by atoms with E-state index < -0.39 is 0 Å². The Balaban J connectivity index is 0. The summed E-state index contributed by atoms with van der Waals surface area (Å²) in [6.45, 7) is 0. The summed E-state index contributed by atoms with van der Waals surface area (Å²) in [6, 6.07) is 0. The maximum Gasteiger partial charge on any atom is 0.0297 e. The van der Waals surface area contributed by atoms with Crippen LogP contribution in [0.25, 0.3) is 0 Å². The van der Waals surface area contributed by atoms with Crippen LogP contribution in [0.1, 0.15) is 0 Å². The van der Waals surface area contributed by atoms with Crippen LogP contribution in [0.5, 0.6) is 0 Å². The summed E-state index contributed by atoms with van der Waals surface area (Å²) in [7, 11) is 0. The van der Waals surface area contributed by atoms with Crippen molar-refractivity contribution in [1.82, 2.24) is 0 Å². The predicted octanol–water partition coefficient (Wildman–Crippen LogP) is 1.02. The van der Waals surface area contributed by atoms with Crippen molar-refractivity contribution in [2.75, 3.05) is 0 Å².